The van der Waals surface area contributed by atoms with Crippen molar-refractivity contribution in [3.63, 3.8) is 0 Å². The van der Waals surface area contributed by atoms with Gasteiger partial charge in [-0.2, -0.15) is 0 Å². The SMILES string of the molecule is Cc1cc(F)ccc1S(=O)(=O)NCCc1c[nH]c2cc(Cl)ccc12. The molecule has 0 atom stereocenters. The number of hydrogen-bond donors (Lipinski definition) is 2. The largest absolute Gasteiger partial charge is 0.361 e. The maximum Gasteiger partial charge on any atom is 0.240 e. The third-order valence-electron chi connectivity index (χ3n) is 3.84. The Morgan fingerprint density at radius 2 is 2.00 bits per heavy atom. The average Bonchev–Trinajstić information content (AvgIpc) is 2.89. The molecule has 1 heterocycles. The number of benzene rings is 2. The number of sulfonamides is 1. The molecule has 24 heavy (non-hydrogen) atoms. The van der Waals surface area contributed by atoms with E-state index in [-0.39, 0.29) is 11.4 Å². The number of aromatic amines is 1. The molecular formula is C17H16ClFN2O2S. The van der Waals surface area contributed by atoms with Crippen LogP contribution in [-0.4, -0.2) is 19.9 Å². The monoisotopic (exact) mass is 366 g/mol. The molecule has 0 saturated carbocycles. The lowest BCUT2D eigenvalue weighted by Crippen LogP contribution is -2.26. The molecular weight excluding hydrogens is 351 g/mol. The van der Waals surface area contributed by atoms with Crippen molar-refractivity contribution in [1.82, 2.24) is 9.71 Å². The number of nitrogens with one attached hydrogen (secondary N) is 2. The summed E-state index contributed by atoms with van der Waals surface area (Å²) >= 11 is 5.95. The van der Waals surface area contributed by atoms with Crippen molar-refractivity contribution in [3.05, 3.63) is 64.6 Å². The van der Waals surface area contributed by atoms with Gasteiger partial charge in [0.25, 0.3) is 0 Å². The normalized spacial score (nSPS) is 12.0. The summed E-state index contributed by atoms with van der Waals surface area (Å²) in [4.78, 5) is 3.21. The van der Waals surface area contributed by atoms with Gasteiger partial charge in [0.2, 0.25) is 10.0 Å². The number of hydrogen-bond acceptors (Lipinski definition) is 2. The third-order valence-corrected chi connectivity index (χ3v) is 5.70. The molecule has 0 radical (unpaired) electrons. The molecule has 2 N–H and O–H groups in total. The van der Waals surface area contributed by atoms with Gasteiger partial charge < -0.3 is 4.98 Å². The Labute approximate surface area is 144 Å². The van der Waals surface area contributed by atoms with Crippen LogP contribution in [-0.2, 0) is 16.4 Å². The lowest BCUT2D eigenvalue weighted by Gasteiger charge is -2.09. The molecule has 4 nitrogen and oxygen atoms in total. The van der Waals surface area contributed by atoms with Crippen molar-refractivity contribution in [3.8, 4) is 0 Å². The Bertz CT molecular complexity index is 999. The van der Waals surface area contributed by atoms with Crippen LogP contribution >= 0.6 is 11.6 Å². The lowest BCUT2D eigenvalue weighted by molar-refractivity contribution is 0.580. The van der Waals surface area contributed by atoms with Crippen LogP contribution in [0.5, 0.6) is 0 Å². The Morgan fingerprint density at radius 1 is 1.21 bits per heavy atom. The highest BCUT2D eigenvalue weighted by molar-refractivity contribution is 7.89. The zero-order valence-corrected chi connectivity index (χ0v) is 14.5. The lowest BCUT2D eigenvalue weighted by atomic mass is 10.1. The summed E-state index contributed by atoms with van der Waals surface area (Å²) in [5, 5.41) is 1.65. The molecule has 0 saturated heterocycles. The van der Waals surface area contributed by atoms with Crippen molar-refractivity contribution >= 4 is 32.5 Å². The van der Waals surface area contributed by atoms with Crippen molar-refractivity contribution in [2.45, 2.75) is 18.2 Å². The molecule has 126 valence electrons. The van der Waals surface area contributed by atoms with Crippen LogP contribution in [0.4, 0.5) is 4.39 Å². The summed E-state index contributed by atoms with van der Waals surface area (Å²) in [6.07, 6.45) is 2.37. The van der Waals surface area contributed by atoms with E-state index in [1.54, 1.807) is 13.0 Å². The van der Waals surface area contributed by atoms with Gasteiger partial charge in [-0.25, -0.2) is 17.5 Å². The fourth-order valence-corrected chi connectivity index (χ4v) is 4.11. The molecule has 0 bridgehead atoms. The van der Waals surface area contributed by atoms with Crippen LogP contribution < -0.4 is 4.72 Å². The second-order valence-electron chi connectivity index (χ2n) is 5.56. The van der Waals surface area contributed by atoms with E-state index in [0.29, 0.717) is 17.0 Å². The van der Waals surface area contributed by atoms with E-state index >= 15 is 0 Å². The first-order chi connectivity index (χ1) is 11.4. The number of aryl methyl sites for hydroxylation is 1. The summed E-state index contributed by atoms with van der Waals surface area (Å²) in [5.74, 6) is -0.455. The van der Waals surface area contributed by atoms with Crippen molar-refractivity contribution in [2.75, 3.05) is 6.54 Å². The van der Waals surface area contributed by atoms with E-state index in [1.807, 2.05) is 18.3 Å². The predicted molar refractivity (Wildman–Crippen MR) is 93.3 cm³/mol. The van der Waals surface area contributed by atoms with E-state index < -0.39 is 15.8 Å². The van der Waals surface area contributed by atoms with E-state index in [2.05, 4.69) is 9.71 Å². The standard InChI is InChI=1S/C17H16ClFN2O2S/c1-11-8-14(19)3-5-17(11)24(22,23)21-7-6-12-10-20-16-9-13(18)2-4-15(12)16/h2-5,8-10,20-21H,6-7H2,1H3. The van der Waals surface area contributed by atoms with E-state index in [9.17, 15) is 12.8 Å². The van der Waals surface area contributed by atoms with E-state index in [0.717, 1.165) is 22.5 Å². The van der Waals surface area contributed by atoms with Crippen molar-refractivity contribution in [1.29, 1.82) is 0 Å². The van der Waals surface area contributed by atoms with Gasteiger partial charge >= 0.3 is 0 Å². The molecule has 0 fully saturated rings. The topological polar surface area (TPSA) is 62.0 Å². The second kappa shape index (κ2) is 6.55. The first-order valence-electron chi connectivity index (χ1n) is 7.38. The number of H-pyrrole nitrogens is 1. The maximum absolute atomic E-state index is 13.1. The van der Waals surface area contributed by atoms with Gasteiger partial charge in [-0.3, -0.25) is 0 Å². The van der Waals surface area contributed by atoms with Crippen molar-refractivity contribution < 1.29 is 12.8 Å². The third kappa shape index (κ3) is 3.45. The minimum absolute atomic E-state index is 0.0922. The highest BCUT2D eigenvalue weighted by atomic mass is 35.5. The fourth-order valence-electron chi connectivity index (χ4n) is 2.68. The number of aromatic nitrogens is 1. The van der Waals surface area contributed by atoms with Crippen molar-refractivity contribution in [2.24, 2.45) is 0 Å². The second-order valence-corrected chi connectivity index (χ2v) is 7.73. The quantitative estimate of drug-likeness (QED) is 0.721. The average molecular weight is 367 g/mol. The van der Waals surface area contributed by atoms with Gasteiger partial charge in [-0.05, 0) is 54.8 Å². The van der Waals surface area contributed by atoms with Gasteiger partial charge in [0.05, 0.1) is 4.90 Å². The van der Waals surface area contributed by atoms with Crippen LogP contribution in [0.3, 0.4) is 0 Å². The Morgan fingerprint density at radius 3 is 2.75 bits per heavy atom. The summed E-state index contributed by atoms with van der Waals surface area (Å²) in [5.41, 5.74) is 2.29. The molecule has 0 unspecified atom stereocenters. The van der Waals surface area contributed by atoms with E-state index in [1.165, 1.54) is 12.1 Å². The molecule has 0 amide bonds. The summed E-state index contributed by atoms with van der Waals surface area (Å²) < 4.78 is 40.4. The summed E-state index contributed by atoms with van der Waals surface area (Å²) in [6, 6.07) is 9.16. The molecule has 1 aromatic heterocycles. The van der Waals surface area contributed by atoms with Crippen LogP contribution in [0.2, 0.25) is 5.02 Å². The van der Waals surface area contributed by atoms with Gasteiger partial charge in [0, 0.05) is 28.7 Å². The van der Waals surface area contributed by atoms with Crippen LogP contribution in [0.1, 0.15) is 11.1 Å². The molecule has 3 rings (SSSR count). The first kappa shape index (κ1) is 17.0. The smallest absolute Gasteiger partial charge is 0.240 e. The van der Waals surface area contributed by atoms with Gasteiger partial charge in [0.1, 0.15) is 5.82 Å². The molecule has 0 aliphatic carbocycles. The maximum atomic E-state index is 13.1. The van der Waals surface area contributed by atoms with Gasteiger partial charge in [0.15, 0.2) is 0 Å². The molecule has 0 aliphatic heterocycles. The van der Waals surface area contributed by atoms with Crippen LogP contribution in [0.25, 0.3) is 10.9 Å². The molecule has 7 heteroatoms. The Hall–Kier alpha value is -1.89. The zero-order valence-electron chi connectivity index (χ0n) is 12.9. The van der Waals surface area contributed by atoms with Gasteiger partial charge in [-0.1, -0.05) is 17.7 Å². The highest BCUT2D eigenvalue weighted by Gasteiger charge is 2.17. The molecule has 0 aliphatic rings. The number of halogens is 2. The Kier molecular flexibility index (Phi) is 4.62. The van der Waals surface area contributed by atoms with Gasteiger partial charge in [-0.15, -0.1) is 0 Å². The van der Waals surface area contributed by atoms with E-state index in [4.69, 9.17) is 11.6 Å². The molecule has 3 aromatic rings. The predicted octanol–water partition coefficient (Wildman–Crippen LogP) is 3.79. The molecule has 0 spiro atoms. The first-order valence-corrected chi connectivity index (χ1v) is 9.24. The summed E-state index contributed by atoms with van der Waals surface area (Å²) in [6.45, 7) is 1.82. The summed E-state index contributed by atoms with van der Waals surface area (Å²) in [7, 11) is -3.67. The Balaban J connectivity index is 1.73. The number of rotatable bonds is 5. The minimum atomic E-state index is -3.67. The molecule has 2 aromatic carbocycles. The number of fused-ring (bicyclic) bond motifs is 1. The fraction of sp³-hybridized carbons (Fsp3) is 0.176. The zero-order chi connectivity index (χ0) is 17.3. The van der Waals surface area contributed by atoms with Crippen LogP contribution in [0.15, 0.2) is 47.5 Å². The highest BCUT2D eigenvalue weighted by Crippen LogP contribution is 2.22. The minimum Gasteiger partial charge on any atom is -0.361 e. The van der Waals surface area contributed by atoms with Crippen LogP contribution in [0, 0.1) is 12.7 Å².